The summed E-state index contributed by atoms with van der Waals surface area (Å²) in [7, 11) is 0. The van der Waals surface area contributed by atoms with Crippen molar-refractivity contribution >= 4 is 5.69 Å². The van der Waals surface area contributed by atoms with E-state index in [4.69, 9.17) is 9.47 Å². The Balaban J connectivity index is 1.49. The van der Waals surface area contributed by atoms with Crippen LogP contribution in [0.5, 0.6) is 5.75 Å². The van der Waals surface area contributed by atoms with Crippen LogP contribution in [0, 0.1) is 0 Å². The highest BCUT2D eigenvalue weighted by Crippen LogP contribution is 2.35. The van der Waals surface area contributed by atoms with Crippen molar-refractivity contribution in [3.8, 4) is 5.75 Å². The molecule has 1 N–H and O–H groups in total. The van der Waals surface area contributed by atoms with Gasteiger partial charge in [-0.1, -0.05) is 36.4 Å². The van der Waals surface area contributed by atoms with Crippen molar-refractivity contribution in [2.45, 2.75) is 12.6 Å². The summed E-state index contributed by atoms with van der Waals surface area (Å²) in [5.74, 6) is 0.955. The highest BCUT2D eigenvalue weighted by molar-refractivity contribution is 5.59. The molecular weight excluding hydrogens is 288 g/mol. The molecule has 4 heteroatoms. The molecule has 4 rings (SSSR count). The maximum Gasteiger partial charge on any atom is 0.143 e. The first-order valence-electron chi connectivity index (χ1n) is 8.27. The minimum absolute atomic E-state index is 0.0716. The molecule has 0 aliphatic carbocycles. The number of rotatable bonds is 3. The lowest BCUT2D eigenvalue weighted by Crippen LogP contribution is -2.35. The molecule has 1 saturated heterocycles. The number of morpholine rings is 1. The van der Waals surface area contributed by atoms with Crippen LogP contribution in [0.3, 0.4) is 0 Å². The van der Waals surface area contributed by atoms with Crippen LogP contribution >= 0.6 is 0 Å². The molecule has 0 aromatic heterocycles. The van der Waals surface area contributed by atoms with Gasteiger partial charge in [-0.25, -0.2) is 0 Å². The average molecular weight is 310 g/mol. The minimum Gasteiger partial charge on any atom is -0.482 e. The Hall–Kier alpha value is -2.04. The molecule has 0 spiro atoms. The SMILES string of the molecule is c1ccc(C2CNc3ccc(CN4CCOCC4)cc3O2)cc1. The highest BCUT2D eigenvalue weighted by atomic mass is 16.5. The maximum atomic E-state index is 6.24. The monoisotopic (exact) mass is 310 g/mol. The summed E-state index contributed by atoms with van der Waals surface area (Å²) in [6.45, 7) is 5.43. The zero-order valence-electron chi connectivity index (χ0n) is 13.2. The lowest BCUT2D eigenvalue weighted by molar-refractivity contribution is 0.0341. The Morgan fingerprint density at radius 2 is 1.87 bits per heavy atom. The van der Waals surface area contributed by atoms with Crippen molar-refractivity contribution in [2.24, 2.45) is 0 Å². The van der Waals surface area contributed by atoms with Crippen LogP contribution in [-0.4, -0.2) is 37.7 Å². The Bertz CT molecular complexity index is 654. The fraction of sp³-hybridized carbons (Fsp3) is 0.368. The second kappa shape index (κ2) is 6.60. The summed E-state index contributed by atoms with van der Waals surface area (Å²) in [6.07, 6.45) is 0.0716. The molecule has 120 valence electrons. The summed E-state index contributed by atoms with van der Waals surface area (Å²) in [5, 5.41) is 3.48. The summed E-state index contributed by atoms with van der Waals surface area (Å²) < 4.78 is 11.7. The normalized spacial score (nSPS) is 21.1. The van der Waals surface area contributed by atoms with Crippen LogP contribution in [0.15, 0.2) is 48.5 Å². The van der Waals surface area contributed by atoms with Gasteiger partial charge in [-0.05, 0) is 23.3 Å². The van der Waals surface area contributed by atoms with Gasteiger partial charge in [-0.15, -0.1) is 0 Å². The largest absolute Gasteiger partial charge is 0.482 e. The maximum absolute atomic E-state index is 6.24. The van der Waals surface area contributed by atoms with Gasteiger partial charge < -0.3 is 14.8 Å². The van der Waals surface area contributed by atoms with Gasteiger partial charge in [0.25, 0.3) is 0 Å². The molecule has 2 heterocycles. The standard InChI is InChI=1S/C19H22N2O2/c1-2-4-16(5-3-1)19-13-20-17-7-6-15(12-18(17)23-19)14-21-8-10-22-11-9-21/h1-7,12,19-20H,8-11,13-14H2. The van der Waals surface area contributed by atoms with Gasteiger partial charge in [-0.2, -0.15) is 0 Å². The van der Waals surface area contributed by atoms with Gasteiger partial charge in [0.1, 0.15) is 11.9 Å². The first-order chi connectivity index (χ1) is 11.4. The second-order valence-corrected chi connectivity index (χ2v) is 6.12. The Morgan fingerprint density at radius 3 is 2.70 bits per heavy atom. The van der Waals surface area contributed by atoms with E-state index < -0.39 is 0 Å². The van der Waals surface area contributed by atoms with Crippen molar-refractivity contribution in [2.75, 3.05) is 38.2 Å². The van der Waals surface area contributed by atoms with Gasteiger partial charge in [-0.3, -0.25) is 4.90 Å². The molecule has 0 amide bonds. The molecule has 23 heavy (non-hydrogen) atoms. The van der Waals surface area contributed by atoms with Gasteiger partial charge in [0.2, 0.25) is 0 Å². The molecule has 2 aliphatic heterocycles. The summed E-state index contributed by atoms with van der Waals surface area (Å²) in [4.78, 5) is 2.43. The summed E-state index contributed by atoms with van der Waals surface area (Å²) in [6, 6.07) is 16.9. The topological polar surface area (TPSA) is 33.7 Å². The van der Waals surface area contributed by atoms with Crippen LogP contribution in [0.25, 0.3) is 0 Å². The highest BCUT2D eigenvalue weighted by Gasteiger charge is 2.21. The predicted molar refractivity (Wildman–Crippen MR) is 90.8 cm³/mol. The second-order valence-electron chi connectivity index (χ2n) is 6.12. The van der Waals surface area contributed by atoms with Crippen LogP contribution < -0.4 is 10.1 Å². The lowest BCUT2D eigenvalue weighted by Gasteiger charge is -2.29. The van der Waals surface area contributed by atoms with Gasteiger partial charge >= 0.3 is 0 Å². The van der Waals surface area contributed by atoms with Crippen molar-refractivity contribution in [1.82, 2.24) is 4.90 Å². The molecule has 0 bridgehead atoms. The van der Waals surface area contributed by atoms with Gasteiger partial charge in [0, 0.05) is 19.6 Å². The summed E-state index contributed by atoms with van der Waals surface area (Å²) >= 11 is 0. The van der Waals surface area contributed by atoms with Crippen molar-refractivity contribution in [3.63, 3.8) is 0 Å². The Labute approximate surface area is 137 Å². The molecule has 1 atom stereocenters. The summed E-state index contributed by atoms with van der Waals surface area (Å²) in [5.41, 5.74) is 3.59. The smallest absolute Gasteiger partial charge is 0.143 e. The van der Waals surface area contributed by atoms with Crippen LogP contribution in [0.4, 0.5) is 5.69 Å². The molecule has 1 unspecified atom stereocenters. The first kappa shape index (κ1) is 14.5. The molecule has 0 radical (unpaired) electrons. The van der Waals surface area contributed by atoms with E-state index in [0.29, 0.717) is 0 Å². The van der Waals surface area contributed by atoms with Gasteiger partial charge in [0.05, 0.1) is 25.4 Å². The van der Waals surface area contributed by atoms with E-state index in [2.05, 4.69) is 52.7 Å². The molecule has 1 fully saturated rings. The van der Waals surface area contributed by atoms with Gasteiger partial charge in [0.15, 0.2) is 0 Å². The quantitative estimate of drug-likeness (QED) is 0.945. The third-order valence-corrected chi connectivity index (χ3v) is 4.47. The molecule has 2 aromatic rings. The van der Waals surface area contributed by atoms with E-state index in [0.717, 1.165) is 50.8 Å². The van der Waals surface area contributed by atoms with E-state index in [9.17, 15) is 0 Å². The molecule has 4 nitrogen and oxygen atoms in total. The average Bonchev–Trinajstić information content (AvgIpc) is 2.63. The zero-order valence-corrected chi connectivity index (χ0v) is 13.2. The van der Waals surface area contributed by atoms with Crippen LogP contribution in [-0.2, 0) is 11.3 Å². The van der Waals surface area contributed by atoms with Crippen molar-refractivity contribution < 1.29 is 9.47 Å². The Morgan fingerprint density at radius 1 is 1.04 bits per heavy atom. The fourth-order valence-corrected chi connectivity index (χ4v) is 3.18. The predicted octanol–water partition coefficient (Wildman–Crippen LogP) is 3.06. The number of fused-ring (bicyclic) bond motifs is 1. The van der Waals surface area contributed by atoms with Crippen molar-refractivity contribution in [3.05, 3.63) is 59.7 Å². The third kappa shape index (κ3) is 3.33. The van der Waals surface area contributed by atoms with E-state index >= 15 is 0 Å². The van der Waals surface area contributed by atoms with Crippen LogP contribution in [0.2, 0.25) is 0 Å². The molecule has 0 saturated carbocycles. The molecule has 2 aliphatic rings. The number of nitrogens with one attached hydrogen (secondary N) is 1. The minimum atomic E-state index is 0.0716. The number of ether oxygens (including phenoxy) is 2. The number of anilines is 1. The zero-order chi connectivity index (χ0) is 15.5. The third-order valence-electron chi connectivity index (χ3n) is 4.47. The van der Waals surface area contributed by atoms with E-state index in [1.165, 1.54) is 11.1 Å². The first-order valence-corrected chi connectivity index (χ1v) is 8.27. The molecule has 2 aromatic carbocycles. The molecular formula is C19H22N2O2. The van der Waals surface area contributed by atoms with Crippen LogP contribution in [0.1, 0.15) is 17.2 Å². The number of benzene rings is 2. The van der Waals surface area contributed by atoms with Crippen molar-refractivity contribution in [1.29, 1.82) is 0 Å². The number of hydrogen-bond acceptors (Lipinski definition) is 4. The van der Waals surface area contributed by atoms with E-state index in [1.54, 1.807) is 0 Å². The van der Waals surface area contributed by atoms with E-state index in [1.807, 2.05) is 6.07 Å². The van der Waals surface area contributed by atoms with E-state index in [-0.39, 0.29) is 6.10 Å². The fourth-order valence-electron chi connectivity index (χ4n) is 3.18. The number of nitrogens with zero attached hydrogens (tertiary/aromatic N) is 1. The lowest BCUT2D eigenvalue weighted by atomic mass is 10.1. The Kier molecular flexibility index (Phi) is 4.18. The number of hydrogen-bond donors (Lipinski definition) is 1.